The van der Waals surface area contributed by atoms with E-state index in [1.54, 1.807) is 12.1 Å². The third-order valence-corrected chi connectivity index (χ3v) is 4.13. The summed E-state index contributed by atoms with van der Waals surface area (Å²) in [6, 6.07) is 4.59. The van der Waals surface area contributed by atoms with Gasteiger partial charge in [-0.05, 0) is 24.0 Å². The fourth-order valence-corrected chi connectivity index (χ4v) is 2.64. The van der Waals surface area contributed by atoms with Crippen LogP contribution in [0.2, 0.25) is 0 Å². The van der Waals surface area contributed by atoms with Crippen LogP contribution in [0.4, 0.5) is 11.4 Å². The number of aliphatic hydroxyl groups is 1. The van der Waals surface area contributed by atoms with Crippen LogP contribution in [0.25, 0.3) is 0 Å². The van der Waals surface area contributed by atoms with Gasteiger partial charge in [-0.25, -0.2) is 13.6 Å². The number of benzene rings is 1. The largest absolute Gasteiger partial charge is 0.396 e. The lowest BCUT2D eigenvalue weighted by Gasteiger charge is -2.32. The zero-order valence-electron chi connectivity index (χ0n) is 12.1. The first kappa shape index (κ1) is 16.7. The molecule has 1 atom stereocenters. The first-order valence-electron chi connectivity index (χ1n) is 6.36. The number of aliphatic hydroxyl groups excluding tert-OH is 1. The van der Waals surface area contributed by atoms with Crippen molar-refractivity contribution in [3.05, 3.63) is 18.2 Å². The third-order valence-electron chi connectivity index (χ3n) is 3.17. The second-order valence-corrected chi connectivity index (χ2v) is 7.37. The summed E-state index contributed by atoms with van der Waals surface area (Å²) in [6.45, 7) is 6.11. The average Bonchev–Trinajstić information content (AvgIpc) is 2.28. The molecule has 1 rings (SSSR count). The Morgan fingerprint density at radius 2 is 1.95 bits per heavy atom. The van der Waals surface area contributed by atoms with E-state index in [1.807, 2.05) is 20.8 Å². The predicted molar refractivity (Wildman–Crippen MR) is 80.8 cm³/mol. The molecule has 0 heterocycles. The molecule has 0 aliphatic rings. The molecule has 6 nitrogen and oxygen atoms in total. The molecule has 0 spiro atoms. The van der Waals surface area contributed by atoms with Gasteiger partial charge in [-0.3, -0.25) is 0 Å². The number of hydrogen-bond donors (Lipinski definition) is 4. The molecule has 0 aliphatic carbocycles. The van der Waals surface area contributed by atoms with Crippen molar-refractivity contribution >= 4 is 21.4 Å². The summed E-state index contributed by atoms with van der Waals surface area (Å²) < 4.78 is 22.9. The molecule has 0 radical (unpaired) electrons. The molecular formula is C13H23N3O3S. The summed E-state index contributed by atoms with van der Waals surface area (Å²) in [5.41, 5.74) is 6.36. The van der Waals surface area contributed by atoms with Gasteiger partial charge in [-0.15, -0.1) is 0 Å². The van der Waals surface area contributed by atoms with Gasteiger partial charge in [0.1, 0.15) is 4.90 Å². The molecule has 1 aromatic rings. The van der Waals surface area contributed by atoms with Crippen molar-refractivity contribution in [1.29, 1.82) is 0 Å². The number of sulfonamides is 1. The van der Waals surface area contributed by atoms with E-state index in [4.69, 9.17) is 16.0 Å². The molecular weight excluding hydrogens is 278 g/mol. The zero-order chi connectivity index (χ0) is 15.6. The number of rotatable bonds is 5. The van der Waals surface area contributed by atoms with Crippen LogP contribution < -0.4 is 16.2 Å². The third kappa shape index (κ3) is 4.09. The second-order valence-electron chi connectivity index (χ2n) is 5.84. The second kappa shape index (κ2) is 5.99. The smallest absolute Gasteiger partial charge is 0.240 e. The number of hydrogen-bond acceptors (Lipinski definition) is 5. The van der Waals surface area contributed by atoms with Crippen molar-refractivity contribution in [1.82, 2.24) is 0 Å². The topological polar surface area (TPSA) is 118 Å². The molecule has 1 aromatic carbocycles. The van der Waals surface area contributed by atoms with Crippen LogP contribution in [-0.4, -0.2) is 26.2 Å². The maximum atomic E-state index is 11.4. The van der Waals surface area contributed by atoms with Gasteiger partial charge in [-0.1, -0.05) is 26.8 Å². The highest BCUT2D eigenvalue weighted by molar-refractivity contribution is 7.89. The van der Waals surface area contributed by atoms with Crippen molar-refractivity contribution in [2.24, 2.45) is 10.6 Å². The van der Waals surface area contributed by atoms with E-state index < -0.39 is 10.0 Å². The Morgan fingerprint density at radius 3 is 2.40 bits per heavy atom. The lowest BCUT2D eigenvalue weighted by atomic mass is 9.84. The van der Waals surface area contributed by atoms with Gasteiger partial charge in [0.2, 0.25) is 10.0 Å². The number of nitrogen functional groups attached to an aromatic ring is 1. The summed E-state index contributed by atoms with van der Waals surface area (Å²) in [5.74, 6) is 0. The Hall–Kier alpha value is -1.31. The van der Waals surface area contributed by atoms with Gasteiger partial charge in [-0.2, -0.15) is 0 Å². The molecule has 114 valence electrons. The molecule has 20 heavy (non-hydrogen) atoms. The molecule has 0 saturated heterocycles. The van der Waals surface area contributed by atoms with Crippen molar-refractivity contribution in [3.63, 3.8) is 0 Å². The highest BCUT2D eigenvalue weighted by Crippen LogP contribution is 2.31. The van der Waals surface area contributed by atoms with Crippen molar-refractivity contribution in [2.75, 3.05) is 17.7 Å². The Labute approximate surface area is 120 Å². The molecule has 7 heteroatoms. The number of nitrogens with one attached hydrogen (secondary N) is 1. The van der Waals surface area contributed by atoms with Gasteiger partial charge in [0.05, 0.1) is 11.4 Å². The van der Waals surface area contributed by atoms with E-state index in [1.165, 1.54) is 6.07 Å². The van der Waals surface area contributed by atoms with E-state index in [-0.39, 0.29) is 28.6 Å². The Kier molecular flexibility index (Phi) is 5.01. The Morgan fingerprint density at radius 1 is 1.35 bits per heavy atom. The molecule has 1 unspecified atom stereocenters. The molecule has 0 aliphatic heterocycles. The lowest BCUT2D eigenvalue weighted by molar-refractivity contribution is 0.235. The Balaban J connectivity index is 3.15. The standard InChI is InChI=1S/C13H23N3O3S/c1-13(2,3)11(7-8-17)16-9-5-4-6-10(12(9)14)20(15,18)19/h4-6,11,16-17H,7-8,14H2,1-3H3,(H2,15,18,19). The van der Waals surface area contributed by atoms with Gasteiger partial charge in [0.25, 0.3) is 0 Å². The zero-order valence-corrected chi connectivity index (χ0v) is 12.9. The van der Waals surface area contributed by atoms with Gasteiger partial charge >= 0.3 is 0 Å². The first-order valence-corrected chi connectivity index (χ1v) is 7.90. The SMILES string of the molecule is CC(C)(C)C(CCO)Nc1cccc(S(N)(=O)=O)c1N. The maximum Gasteiger partial charge on any atom is 0.240 e. The number of nitrogens with two attached hydrogens (primary N) is 2. The quantitative estimate of drug-likeness (QED) is 0.608. The minimum atomic E-state index is -3.85. The molecule has 0 amide bonds. The Bertz CT molecular complexity index is 565. The predicted octanol–water partition coefficient (Wildman–Crippen LogP) is 1.13. The fourth-order valence-electron chi connectivity index (χ4n) is 1.96. The first-order chi connectivity index (χ1) is 9.07. The molecule has 0 saturated carbocycles. The van der Waals surface area contributed by atoms with Crippen molar-refractivity contribution < 1.29 is 13.5 Å². The number of para-hydroxylation sites is 1. The van der Waals surface area contributed by atoms with Gasteiger partial charge in [0, 0.05) is 12.6 Å². The summed E-state index contributed by atoms with van der Waals surface area (Å²) in [4.78, 5) is -0.0980. The number of anilines is 2. The molecule has 0 fully saturated rings. The molecule has 0 bridgehead atoms. The van der Waals surface area contributed by atoms with Gasteiger partial charge in [0.15, 0.2) is 0 Å². The normalized spacial score (nSPS) is 14.1. The van der Waals surface area contributed by atoms with Crippen LogP contribution in [-0.2, 0) is 10.0 Å². The van der Waals surface area contributed by atoms with Gasteiger partial charge < -0.3 is 16.2 Å². The van der Waals surface area contributed by atoms with Crippen LogP contribution in [0.3, 0.4) is 0 Å². The van der Waals surface area contributed by atoms with Crippen molar-refractivity contribution in [2.45, 2.75) is 38.1 Å². The minimum absolute atomic E-state index is 0.0315. The van der Waals surface area contributed by atoms with Crippen LogP contribution in [0.1, 0.15) is 27.2 Å². The average molecular weight is 301 g/mol. The highest BCUT2D eigenvalue weighted by Gasteiger charge is 2.25. The van der Waals surface area contributed by atoms with E-state index in [0.717, 1.165) is 0 Å². The van der Waals surface area contributed by atoms with Crippen LogP contribution in [0, 0.1) is 5.41 Å². The van der Waals surface area contributed by atoms with E-state index in [0.29, 0.717) is 12.1 Å². The molecule has 0 aromatic heterocycles. The van der Waals surface area contributed by atoms with Crippen molar-refractivity contribution in [3.8, 4) is 0 Å². The van der Waals surface area contributed by atoms with Crippen LogP contribution in [0.5, 0.6) is 0 Å². The number of primary sulfonamides is 1. The van der Waals surface area contributed by atoms with E-state index in [9.17, 15) is 8.42 Å². The maximum absolute atomic E-state index is 11.4. The fraction of sp³-hybridized carbons (Fsp3) is 0.538. The highest BCUT2D eigenvalue weighted by atomic mass is 32.2. The van der Waals surface area contributed by atoms with E-state index >= 15 is 0 Å². The minimum Gasteiger partial charge on any atom is -0.396 e. The molecule has 6 N–H and O–H groups in total. The summed E-state index contributed by atoms with van der Waals surface area (Å²) in [5, 5.41) is 17.5. The van der Waals surface area contributed by atoms with Crippen LogP contribution in [0.15, 0.2) is 23.1 Å². The summed E-state index contributed by atoms with van der Waals surface area (Å²) >= 11 is 0. The lowest BCUT2D eigenvalue weighted by Crippen LogP contribution is -2.35. The summed E-state index contributed by atoms with van der Waals surface area (Å²) in [6.07, 6.45) is 0.530. The van der Waals surface area contributed by atoms with E-state index in [2.05, 4.69) is 5.32 Å². The summed E-state index contributed by atoms with van der Waals surface area (Å²) in [7, 11) is -3.85. The monoisotopic (exact) mass is 301 g/mol. The van der Waals surface area contributed by atoms with Crippen LogP contribution >= 0.6 is 0 Å².